The van der Waals surface area contributed by atoms with Crippen LogP contribution in [0, 0.1) is 0 Å². The molecule has 1 aromatic carbocycles. The Morgan fingerprint density at radius 1 is 1.11 bits per heavy atom. The highest BCUT2D eigenvalue weighted by atomic mass is 16.7. The summed E-state index contributed by atoms with van der Waals surface area (Å²) in [5.74, 6) is 0. The van der Waals surface area contributed by atoms with Gasteiger partial charge in [0.25, 0.3) is 0 Å². The molecule has 4 heteroatoms. The first-order chi connectivity index (χ1) is 8.39. The lowest BCUT2D eigenvalue weighted by Crippen LogP contribution is -2.41. The zero-order valence-corrected chi connectivity index (χ0v) is 11.4. The van der Waals surface area contributed by atoms with Crippen LogP contribution in [-0.4, -0.2) is 24.5 Å². The molecule has 0 bridgehead atoms. The minimum Gasteiger partial charge on any atom is -0.399 e. The van der Waals surface area contributed by atoms with Gasteiger partial charge in [0.1, 0.15) is 0 Å². The monoisotopic (exact) mass is 243 g/mol. The molecule has 0 atom stereocenters. The van der Waals surface area contributed by atoms with Gasteiger partial charge in [0, 0.05) is 12.6 Å². The molecule has 1 saturated heterocycles. The summed E-state index contributed by atoms with van der Waals surface area (Å²) in [6.07, 6.45) is 2.87. The normalized spacial score (nSPS) is 23.4. The number of nitrogens with zero attached hydrogens (tertiary/aromatic N) is 1. The summed E-state index contributed by atoms with van der Waals surface area (Å²) in [5.41, 5.74) is 2.78. The van der Waals surface area contributed by atoms with Crippen LogP contribution >= 0.6 is 0 Å². The first-order valence-corrected chi connectivity index (χ1v) is 6.40. The van der Waals surface area contributed by atoms with Crippen molar-refractivity contribution in [3.05, 3.63) is 23.8 Å². The topological polar surface area (TPSA) is 30.8 Å². The van der Waals surface area contributed by atoms with E-state index in [2.05, 4.69) is 50.9 Å². The summed E-state index contributed by atoms with van der Waals surface area (Å²) in [4.78, 5) is 4.37. The summed E-state index contributed by atoms with van der Waals surface area (Å²) >= 11 is 0. The third kappa shape index (κ3) is 1.71. The molecule has 0 radical (unpaired) electrons. The number of hydrogen-bond acceptors (Lipinski definition) is 3. The summed E-state index contributed by atoms with van der Waals surface area (Å²) in [6.45, 7) is 8.27. The average Bonchev–Trinajstić information content (AvgIpc) is 2.80. The van der Waals surface area contributed by atoms with E-state index in [0.29, 0.717) is 0 Å². The maximum absolute atomic E-state index is 6.04. The Labute approximate surface area is 108 Å². The lowest BCUT2D eigenvalue weighted by molar-refractivity contribution is 0.00578. The van der Waals surface area contributed by atoms with Crippen LogP contribution in [0.2, 0.25) is 0 Å². The van der Waals surface area contributed by atoms with Gasteiger partial charge in [0.2, 0.25) is 0 Å². The Morgan fingerprint density at radius 3 is 2.44 bits per heavy atom. The molecule has 0 aliphatic carbocycles. The van der Waals surface area contributed by atoms with Gasteiger partial charge in [-0.15, -0.1) is 0 Å². The molecular weight excluding hydrogens is 225 g/mol. The molecule has 18 heavy (non-hydrogen) atoms. The highest BCUT2D eigenvalue weighted by Crippen LogP contribution is 2.36. The number of rotatable bonds is 1. The maximum atomic E-state index is 6.04. The molecule has 1 aromatic rings. The van der Waals surface area contributed by atoms with Crippen molar-refractivity contribution in [2.45, 2.75) is 45.3 Å². The van der Waals surface area contributed by atoms with Gasteiger partial charge in [0.15, 0.2) is 0 Å². The Hall–Kier alpha value is -1.13. The largest absolute Gasteiger partial charge is 0.494 e. The lowest BCUT2D eigenvalue weighted by atomic mass is 9.78. The second kappa shape index (κ2) is 3.68. The minimum atomic E-state index is -0.295. The molecule has 2 aliphatic heterocycles. The van der Waals surface area contributed by atoms with E-state index in [-0.39, 0.29) is 18.3 Å². The minimum absolute atomic E-state index is 0.292. The molecular formula is C14H18BNO2. The van der Waals surface area contributed by atoms with Crippen molar-refractivity contribution >= 4 is 24.5 Å². The van der Waals surface area contributed by atoms with Crippen LogP contribution in [0.15, 0.2) is 23.2 Å². The molecule has 0 spiro atoms. The van der Waals surface area contributed by atoms with Crippen LogP contribution in [0.1, 0.15) is 33.3 Å². The third-order valence-electron chi connectivity index (χ3n) is 4.18. The van der Waals surface area contributed by atoms with Crippen LogP contribution in [0.25, 0.3) is 0 Å². The molecule has 0 saturated carbocycles. The lowest BCUT2D eigenvalue weighted by Gasteiger charge is -2.32. The average molecular weight is 243 g/mol. The number of fused-ring (bicyclic) bond motifs is 1. The van der Waals surface area contributed by atoms with Crippen LogP contribution in [0.3, 0.4) is 0 Å². The molecule has 0 unspecified atom stereocenters. The Kier molecular flexibility index (Phi) is 2.44. The van der Waals surface area contributed by atoms with Crippen molar-refractivity contribution in [2.75, 3.05) is 0 Å². The van der Waals surface area contributed by atoms with Crippen molar-refractivity contribution in [3.8, 4) is 0 Å². The number of benzene rings is 1. The second-order valence-electron chi connectivity index (χ2n) is 5.99. The van der Waals surface area contributed by atoms with Crippen LogP contribution in [0.4, 0.5) is 5.69 Å². The fourth-order valence-corrected chi connectivity index (χ4v) is 2.24. The molecule has 3 rings (SSSR count). The van der Waals surface area contributed by atoms with Crippen molar-refractivity contribution in [1.82, 2.24) is 0 Å². The van der Waals surface area contributed by atoms with Crippen LogP contribution in [0.5, 0.6) is 0 Å². The van der Waals surface area contributed by atoms with Gasteiger partial charge in [-0.2, -0.15) is 0 Å². The zero-order valence-electron chi connectivity index (χ0n) is 11.4. The number of aliphatic imine (C=N–C) groups is 1. The standard InChI is InChI=1S/C14H18BNO2/c1-13(2)14(3,4)18-15(17-13)11-6-5-10-7-8-16-12(10)9-11/h5-6,8-9H,7H2,1-4H3. The van der Waals surface area contributed by atoms with Gasteiger partial charge >= 0.3 is 7.12 Å². The first-order valence-electron chi connectivity index (χ1n) is 6.40. The SMILES string of the molecule is CC1(C)OB(c2ccc3c(c2)N=CC3)OC1(C)C. The first kappa shape index (κ1) is 11.9. The highest BCUT2D eigenvalue weighted by Gasteiger charge is 2.51. The zero-order chi connectivity index (χ0) is 13.0. The predicted octanol–water partition coefficient (Wildman–Crippen LogP) is 2.24. The Bertz CT molecular complexity index is 507. The van der Waals surface area contributed by atoms with Crippen molar-refractivity contribution < 1.29 is 9.31 Å². The van der Waals surface area contributed by atoms with E-state index in [1.807, 2.05) is 6.21 Å². The maximum Gasteiger partial charge on any atom is 0.494 e. The Balaban J connectivity index is 1.91. The molecule has 0 aromatic heterocycles. The summed E-state index contributed by atoms with van der Waals surface area (Å²) in [5, 5.41) is 0. The third-order valence-corrected chi connectivity index (χ3v) is 4.18. The van der Waals surface area contributed by atoms with Gasteiger partial charge in [-0.25, -0.2) is 0 Å². The fraction of sp³-hybridized carbons (Fsp3) is 0.500. The van der Waals surface area contributed by atoms with Crippen molar-refractivity contribution in [1.29, 1.82) is 0 Å². The molecule has 1 fully saturated rings. The van der Waals surface area contributed by atoms with Gasteiger partial charge < -0.3 is 9.31 Å². The van der Waals surface area contributed by atoms with E-state index in [9.17, 15) is 0 Å². The quantitative estimate of drug-likeness (QED) is 0.708. The summed E-state index contributed by atoms with van der Waals surface area (Å²) in [6, 6.07) is 6.26. The van der Waals surface area contributed by atoms with E-state index >= 15 is 0 Å². The van der Waals surface area contributed by atoms with E-state index in [1.54, 1.807) is 0 Å². The van der Waals surface area contributed by atoms with E-state index in [4.69, 9.17) is 9.31 Å². The van der Waals surface area contributed by atoms with Gasteiger partial charge in [-0.3, -0.25) is 4.99 Å². The fourth-order valence-electron chi connectivity index (χ4n) is 2.24. The smallest absolute Gasteiger partial charge is 0.399 e. The van der Waals surface area contributed by atoms with E-state index < -0.39 is 0 Å². The van der Waals surface area contributed by atoms with Gasteiger partial charge in [0.05, 0.1) is 16.9 Å². The van der Waals surface area contributed by atoms with E-state index in [1.165, 1.54) is 5.56 Å². The van der Waals surface area contributed by atoms with Gasteiger partial charge in [-0.05, 0) is 44.8 Å². The van der Waals surface area contributed by atoms with Crippen LogP contribution in [-0.2, 0) is 15.7 Å². The molecule has 2 aliphatic rings. The van der Waals surface area contributed by atoms with Crippen molar-refractivity contribution in [3.63, 3.8) is 0 Å². The second-order valence-corrected chi connectivity index (χ2v) is 5.99. The van der Waals surface area contributed by atoms with E-state index in [0.717, 1.165) is 17.6 Å². The molecule has 94 valence electrons. The van der Waals surface area contributed by atoms with Gasteiger partial charge in [-0.1, -0.05) is 12.1 Å². The summed E-state index contributed by atoms with van der Waals surface area (Å²) < 4.78 is 12.1. The molecule has 0 N–H and O–H groups in total. The van der Waals surface area contributed by atoms with Crippen molar-refractivity contribution in [2.24, 2.45) is 4.99 Å². The molecule has 3 nitrogen and oxygen atoms in total. The summed E-state index contributed by atoms with van der Waals surface area (Å²) in [7, 11) is -0.295. The number of hydrogen-bond donors (Lipinski definition) is 0. The molecule has 2 heterocycles. The highest BCUT2D eigenvalue weighted by molar-refractivity contribution is 6.62. The Morgan fingerprint density at radius 2 is 1.78 bits per heavy atom. The predicted molar refractivity (Wildman–Crippen MR) is 74.0 cm³/mol. The van der Waals surface area contributed by atoms with Crippen LogP contribution < -0.4 is 5.46 Å². The molecule has 0 amide bonds.